The number of hydrogen-bond donors (Lipinski definition) is 1. The highest BCUT2D eigenvalue weighted by atomic mass is 16.4. The van der Waals surface area contributed by atoms with E-state index in [9.17, 15) is 9.59 Å². The molecule has 0 bridgehead atoms. The Labute approximate surface area is 137 Å². The molecule has 1 aliphatic heterocycles. The summed E-state index contributed by atoms with van der Waals surface area (Å²) in [6, 6.07) is 0.164. The zero-order chi connectivity index (χ0) is 17.4. The number of nitrogens with zero attached hydrogens (tertiary/aromatic N) is 3. The van der Waals surface area contributed by atoms with Gasteiger partial charge in [0.25, 0.3) is 0 Å². The lowest BCUT2D eigenvalue weighted by molar-refractivity contribution is -0.139. The maximum atomic E-state index is 12.6. The van der Waals surface area contributed by atoms with Crippen LogP contribution in [-0.2, 0) is 4.79 Å². The molecule has 1 aliphatic rings. The molecule has 2 heterocycles. The van der Waals surface area contributed by atoms with E-state index in [0.717, 1.165) is 12.8 Å². The lowest BCUT2D eigenvalue weighted by Crippen LogP contribution is -2.44. The summed E-state index contributed by atoms with van der Waals surface area (Å²) in [5.74, 6) is -0.746. The predicted octanol–water partition coefficient (Wildman–Crippen LogP) is 2.74. The minimum Gasteiger partial charge on any atom is -0.478 e. The van der Waals surface area contributed by atoms with Crippen molar-refractivity contribution in [1.82, 2.24) is 14.7 Å². The van der Waals surface area contributed by atoms with Gasteiger partial charge in [0.15, 0.2) is 0 Å². The number of hydrogen-bond acceptors (Lipinski definition) is 3. The van der Waals surface area contributed by atoms with Gasteiger partial charge in [-0.15, -0.1) is 0 Å². The second-order valence-corrected chi connectivity index (χ2v) is 7.54. The first kappa shape index (κ1) is 17.5. The van der Waals surface area contributed by atoms with E-state index in [2.05, 4.69) is 25.9 Å². The summed E-state index contributed by atoms with van der Waals surface area (Å²) in [6.45, 7) is 11.4. The molecule has 128 valence electrons. The van der Waals surface area contributed by atoms with Crippen molar-refractivity contribution >= 4 is 11.9 Å². The maximum absolute atomic E-state index is 12.6. The van der Waals surface area contributed by atoms with Crippen LogP contribution in [0.5, 0.6) is 0 Å². The fourth-order valence-electron chi connectivity index (χ4n) is 2.98. The molecular formula is C17H27N3O3. The maximum Gasteiger partial charge on any atom is 0.339 e. The van der Waals surface area contributed by atoms with Gasteiger partial charge in [-0.2, -0.15) is 5.10 Å². The van der Waals surface area contributed by atoms with Crippen molar-refractivity contribution in [2.75, 3.05) is 13.1 Å². The van der Waals surface area contributed by atoms with Crippen LogP contribution in [0.15, 0.2) is 6.20 Å². The van der Waals surface area contributed by atoms with Crippen molar-refractivity contribution in [2.24, 2.45) is 11.3 Å². The van der Waals surface area contributed by atoms with Gasteiger partial charge in [0, 0.05) is 19.0 Å². The number of aromatic carboxylic acids is 1. The van der Waals surface area contributed by atoms with E-state index in [1.54, 1.807) is 11.6 Å². The lowest BCUT2D eigenvalue weighted by Gasteiger charge is -2.37. The number of amides is 1. The monoisotopic (exact) mass is 321 g/mol. The van der Waals surface area contributed by atoms with Crippen LogP contribution in [0, 0.1) is 18.3 Å². The first-order valence-corrected chi connectivity index (χ1v) is 8.19. The van der Waals surface area contributed by atoms with E-state index in [-0.39, 0.29) is 28.8 Å². The smallest absolute Gasteiger partial charge is 0.339 e. The molecule has 1 amide bonds. The van der Waals surface area contributed by atoms with Gasteiger partial charge in [0.2, 0.25) is 5.91 Å². The Hall–Kier alpha value is -1.85. The van der Waals surface area contributed by atoms with Crippen molar-refractivity contribution in [3.8, 4) is 0 Å². The highest BCUT2D eigenvalue weighted by Gasteiger charge is 2.33. The van der Waals surface area contributed by atoms with Crippen LogP contribution < -0.4 is 0 Å². The second-order valence-electron chi connectivity index (χ2n) is 7.54. The zero-order valence-corrected chi connectivity index (χ0v) is 14.7. The lowest BCUT2D eigenvalue weighted by atomic mass is 9.81. The molecule has 1 aromatic rings. The van der Waals surface area contributed by atoms with E-state index in [1.807, 2.05) is 11.8 Å². The number of piperidine rings is 1. The minimum absolute atomic E-state index is 0.0101. The zero-order valence-electron chi connectivity index (χ0n) is 14.7. The van der Waals surface area contributed by atoms with Crippen molar-refractivity contribution in [2.45, 2.75) is 53.5 Å². The quantitative estimate of drug-likeness (QED) is 0.929. The molecule has 0 radical (unpaired) electrons. The Morgan fingerprint density at radius 2 is 1.87 bits per heavy atom. The Morgan fingerprint density at radius 1 is 1.30 bits per heavy atom. The van der Waals surface area contributed by atoms with Gasteiger partial charge in [0.05, 0.1) is 17.9 Å². The van der Waals surface area contributed by atoms with Gasteiger partial charge in [0.1, 0.15) is 5.56 Å². The molecule has 1 unspecified atom stereocenters. The molecule has 0 spiro atoms. The van der Waals surface area contributed by atoms with Crippen LogP contribution in [0.4, 0.5) is 0 Å². The number of aromatic nitrogens is 2. The molecule has 2 rings (SSSR count). The van der Waals surface area contributed by atoms with Gasteiger partial charge in [-0.3, -0.25) is 9.48 Å². The van der Waals surface area contributed by atoms with E-state index in [1.165, 1.54) is 6.20 Å². The first-order valence-electron chi connectivity index (χ1n) is 8.19. The number of carboxylic acid groups (broad SMARTS) is 1. The number of rotatable bonds is 3. The Balaban J connectivity index is 2.02. The third kappa shape index (κ3) is 3.57. The van der Waals surface area contributed by atoms with Crippen LogP contribution in [0.1, 0.15) is 62.6 Å². The SMILES string of the molecule is Cc1c(C(=O)O)cnn1C1CCN(C(=O)C(C)C(C)(C)C)CC1. The molecule has 0 saturated carbocycles. The van der Waals surface area contributed by atoms with E-state index < -0.39 is 5.97 Å². The average molecular weight is 321 g/mol. The summed E-state index contributed by atoms with van der Waals surface area (Å²) in [7, 11) is 0. The topological polar surface area (TPSA) is 75.4 Å². The molecule has 6 nitrogen and oxygen atoms in total. The molecule has 1 N–H and O–H groups in total. The number of carbonyl (C=O) groups excluding carboxylic acids is 1. The Bertz CT molecular complexity index is 593. The number of carboxylic acids is 1. The van der Waals surface area contributed by atoms with Gasteiger partial charge in [-0.1, -0.05) is 27.7 Å². The molecular weight excluding hydrogens is 294 g/mol. The number of carbonyl (C=O) groups is 2. The standard InChI is InChI=1S/C17H27N3O3/c1-11(17(3,4)5)15(21)19-8-6-13(7-9-19)20-12(2)14(10-18-20)16(22)23/h10-11,13H,6-9H2,1-5H3,(H,22,23). The molecule has 23 heavy (non-hydrogen) atoms. The molecule has 1 aromatic heterocycles. The van der Waals surface area contributed by atoms with Gasteiger partial charge in [-0.25, -0.2) is 4.79 Å². The van der Waals surface area contributed by atoms with Crippen LogP contribution in [0.2, 0.25) is 0 Å². The summed E-state index contributed by atoms with van der Waals surface area (Å²) in [6.07, 6.45) is 3.03. The summed E-state index contributed by atoms with van der Waals surface area (Å²) >= 11 is 0. The third-order valence-corrected chi connectivity index (χ3v) is 5.07. The normalized spacial score (nSPS) is 18.0. The molecule has 6 heteroatoms. The van der Waals surface area contributed by atoms with Crippen LogP contribution in [0.25, 0.3) is 0 Å². The molecule has 1 fully saturated rings. The highest BCUT2D eigenvalue weighted by Crippen LogP contribution is 2.30. The fraction of sp³-hybridized carbons (Fsp3) is 0.706. The van der Waals surface area contributed by atoms with Gasteiger partial charge in [-0.05, 0) is 25.2 Å². The van der Waals surface area contributed by atoms with E-state index >= 15 is 0 Å². The summed E-state index contributed by atoms with van der Waals surface area (Å²) in [5.41, 5.74) is 0.901. The van der Waals surface area contributed by atoms with Crippen LogP contribution in [-0.4, -0.2) is 44.8 Å². The minimum atomic E-state index is -0.944. The van der Waals surface area contributed by atoms with Crippen molar-refractivity contribution in [3.05, 3.63) is 17.5 Å². The van der Waals surface area contributed by atoms with Crippen molar-refractivity contribution in [1.29, 1.82) is 0 Å². The summed E-state index contributed by atoms with van der Waals surface area (Å²) in [5, 5.41) is 13.4. The van der Waals surface area contributed by atoms with Gasteiger partial charge < -0.3 is 10.0 Å². The largest absolute Gasteiger partial charge is 0.478 e. The molecule has 0 aromatic carbocycles. The highest BCUT2D eigenvalue weighted by molar-refractivity contribution is 5.88. The first-order chi connectivity index (χ1) is 10.6. The van der Waals surface area contributed by atoms with E-state index in [4.69, 9.17) is 5.11 Å². The molecule has 1 saturated heterocycles. The Kier molecular flexibility index (Phi) is 4.82. The predicted molar refractivity (Wildman–Crippen MR) is 87.4 cm³/mol. The van der Waals surface area contributed by atoms with Crippen LogP contribution >= 0.6 is 0 Å². The van der Waals surface area contributed by atoms with Crippen molar-refractivity contribution in [3.63, 3.8) is 0 Å². The number of likely N-dealkylation sites (tertiary alicyclic amines) is 1. The van der Waals surface area contributed by atoms with Gasteiger partial charge >= 0.3 is 5.97 Å². The van der Waals surface area contributed by atoms with E-state index in [0.29, 0.717) is 18.8 Å². The molecule has 0 aliphatic carbocycles. The molecule has 1 atom stereocenters. The fourth-order valence-corrected chi connectivity index (χ4v) is 2.98. The second kappa shape index (κ2) is 6.34. The average Bonchev–Trinajstić information content (AvgIpc) is 2.87. The third-order valence-electron chi connectivity index (χ3n) is 5.07. The summed E-state index contributed by atoms with van der Waals surface area (Å²) < 4.78 is 1.80. The Morgan fingerprint density at radius 3 is 2.30 bits per heavy atom. The van der Waals surface area contributed by atoms with Crippen molar-refractivity contribution < 1.29 is 14.7 Å². The van der Waals surface area contributed by atoms with Crippen LogP contribution in [0.3, 0.4) is 0 Å². The summed E-state index contributed by atoms with van der Waals surface area (Å²) in [4.78, 5) is 25.6.